The first-order valence-corrected chi connectivity index (χ1v) is 13.5. The molecule has 0 aromatic heterocycles. The predicted molar refractivity (Wildman–Crippen MR) is 133 cm³/mol. The van der Waals surface area contributed by atoms with Gasteiger partial charge in [-0.15, -0.1) is 0 Å². The van der Waals surface area contributed by atoms with Gasteiger partial charge in [0.2, 0.25) is 10.0 Å². The maximum atomic E-state index is 13.6. The van der Waals surface area contributed by atoms with Crippen molar-refractivity contribution in [2.24, 2.45) is 11.8 Å². The van der Waals surface area contributed by atoms with E-state index < -0.39 is 33.2 Å². The van der Waals surface area contributed by atoms with E-state index in [2.05, 4.69) is 5.43 Å². The Balaban J connectivity index is 1.46. The van der Waals surface area contributed by atoms with Gasteiger partial charge >= 0.3 is 6.18 Å². The number of hydrogen-bond acceptors (Lipinski definition) is 5. The molecule has 1 heterocycles. The summed E-state index contributed by atoms with van der Waals surface area (Å²) < 4.78 is 81.9. The molecule has 0 fully saturated rings. The Morgan fingerprint density at radius 3 is 2.55 bits per heavy atom. The molecule has 2 aromatic carbocycles. The molecule has 11 heteroatoms. The van der Waals surface area contributed by atoms with E-state index in [0.29, 0.717) is 12.8 Å². The van der Waals surface area contributed by atoms with Crippen molar-refractivity contribution in [3.8, 4) is 6.07 Å². The number of sulfonamides is 1. The third-order valence-corrected chi connectivity index (χ3v) is 9.14. The quantitative estimate of drug-likeness (QED) is 0.384. The zero-order valence-corrected chi connectivity index (χ0v) is 21.2. The maximum Gasteiger partial charge on any atom is 0.417 e. The average Bonchev–Trinajstić information content (AvgIpc) is 3.49. The summed E-state index contributed by atoms with van der Waals surface area (Å²) >= 11 is 0. The number of anilines is 1. The van der Waals surface area contributed by atoms with Crippen LogP contribution in [0.1, 0.15) is 25.3 Å². The summed E-state index contributed by atoms with van der Waals surface area (Å²) in [6.45, 7) is 1.34. The smallest absolute Gasteiger partial charge is 0.301 e. The van der Waals surface area contributed by atoms with Crippen molar-refractivity contribution in [2.45, 2.75) is 30.8 Å². The van der Waals surface area contributed by atoms with E-state index in [1.807, 2.05) is 24.2 Å². The molecular weight excluding hydrogens is 520 g/mol. The van der Waals surface area contributed by atoms with E-state index >= 15 is 0 Å². The van der Waals surface area contributed by atoms with Crippen LogP contribution in [0.25, 0.3) is 0 Å². The summed E-state index contributed by atoms with van der Waals surface area (Å²) in [5.41, 5.74) is 6.63. The molecule has 2 aromatic rings. The van der Waals surface area contributed by atoms with E-state index in [1.165, 1.54) is 18.2 Å². The summed E-state index contributed by atoms with van der Waals surface area (Å²) in [5, 5.41) is 11.2. The van der Waals surface area contributed by atoms with Crippen LogP contribution < -0.4 is 10.4 Å². The molecule has 0 amide bonds. The SMILES string of the molecule is C[C@H]1C2=CNN(c3ccc(F)cc3)C2=CC2=C1[C@@H](CN(CC#N)S(=O)(=O)c1ccccc1C(F)(F)F)CC2. The van der Waals surface area contributed by atoms with Crippen LogP contribution >= 0.6 is 0 Å². The molecule has 0 bridgehead atoms. The van der Waals surface area contributed by atoms with Crippen LogP contribution in [-0.4, -0.2) is 25.8 Å². The van der Waals surface area contributed by atoms with Crippen LogP contribution in [0.2, 0.25) is 0 Å². The molecule has 5 rings (SSSR count). The second-order valence-corrected chi connectivity index (χ2v) is 11.4. The van der Waals surface area contributed by atoms with Crippen molar-refractivity contribution in [1.82, 2.24) is 9.73 Å². The third kappa shape index (κ3) is 4.48. The van der Waals surface area contributed by atoms with Crippen molar-refractivity contribution < 1.29 is 26.0 Å². The van der Waals surface area contributed by atoms with Gasteiger partial charge in [0.05, 0.1) is 27.9 Å². The Morgan fingerprint density at radius 1 is 1.16 bits per heavy atom. The molecule has 0 spiro atoms. The average molecular weight is 545 g/mol. The second kappa shape index (κ2) is 9.60. The number of rotatable bonds is 6. The number of benzene rings is 2. The van der Waals surface area contributed by atoms with Gasteiger partial charge in [0.15, 0.2) is 0 Å². The Kier molecular flexibility index (Phi) is 6.57. The molecule has 198 valence electrons. The molecule has 2 atom stereocenters. The van der Waals surface area contributed by atoms with E-state index in [1.54, 1.807) is 18.2 Å². The number of nitriles is 1. The maximum absolute atomic E-state index is 13.6. The lowest BCUT2D eigenvalue weighted by Crippen LogP contribution is -2.37. The number of nitrogens with zero attached hydrogens (tertiary/aromatic N) is 3. The normalized spacial score (nSPS) is 21.0. The van der Waals surface area contributed by atoms with Crippen LogP contribution in [-0.2, 0) is 16.2 Å². The minimum Gasteiger partial charge on any atom is -0.301 e. The van der Waals surface area contributed by atoms with Gasteiger partial charge in [-0.05, 0) is 66.8 Å². The fraction of sp³-hybridized carbons (Fsp3) is 0.296. The molecule has 0 radical (unpaired) electrons. The Morgan fingerprint density at radius 2 is 1.87 bits per heavy atom. The molecule has 6 nitrogen and oxygen atoms in total. The van der Waals surface area contributed by atoms with Crippen molar-refractivity contribution in [1.29, 1.82) is 5.26 Å². The van der Waals surface area contributed by atoms with Crippen LogP contribution in [0.3, 0.4) is 0 Å². The fourth-order valence-electron chi connectivity index (χ4n) is 5.54. The summed E-state index contributed by atoms with van der Waals surface area (Å²) in [5.74, 6) is -0.699. The molecule has 1 aliphatic heterocycles. The summed E-state index contributed by atoms with van der Waals surface area (Å²) in [6, 6.07) is 11.9. The monoisotopic (exact) mass is 544 g/mol. The van der Waals surface area contributed by atoms with Crippen molar-refractivity contribution >= 4 is 15.7 Å². The van der Waals surface area contributed by atoms with Crippen molar-refractivity contribution in [3.05, 3.63) is 94.6 Å². The molecule has 0 unspecified atom stereocenters. The third-order valence-electron chi connectivity index (χ3n) is 7.27. The zero-order chi connectivity index (χ0) is 27.2. The number of allylic oxidation sites excluding steroid dienone is 3. The number of nitrogens with one attached hydrogen (secondary N) is 1. The highest BCUT2D eigenvalue weighted by Gasteiger charge is 2.42. The Hall–Kier alpha value is -3.62. The molecule has 38 heavy (non-hydrogen) atoms. The van der Waals surface area contributed by atoms with E-state index in [4.69, 9.17) is 0 Å². The van der Waals surface area contributed by atoms with E-state index in [0.717, 1.165) is 50.6 Å². The zero-order valence-electron chi connectivity index (χ0n) is 20.3. The van der Waals surface area contributed by atoms with Crippen LogP contribution in [0.4, 0.5) is 23.2 Å². The Labute approximate surface area is 218 Å². The summed E-state index contributed by atoms with van der Waals surface area (Å²) in [4.78, 5) is -0.855. The van der Waals surface area contributed by atoms with Crippen LogP contribution in [0, 0.1) is 29.0 Å². The summed E-state index contributed by atoms with van der Waals surface area (Å²) in [7, 11) is -4.60. The van der Waals surface area contributed by atoms with Gasteiger partial charge in [-0.25, -0.2) is 12.8 Å². The topological polar surface area (TPSA) is 76.4 Å². The van der Waals surface area contributed by atoms with E-state index in [9.17, 15) is 31.2 Å². The summed E-state index contributed by atoms with van der Waals surface area (Å²) in [6.07, 6.45) is 0.282. The van der Waals surface area contributed by atoms with Gasteiger partial charge in [0.1, 0.15) is 12.4 Å². The standard InChI is InChI=1S/C27H24F4N4O2S/c1-17-22-15-33-35(21-10-8-20(28)9-11-21)24(22)14-18-6-7-19(26(17)18)16-34(13-12-32)38(36,37)25-5-3-2-4-23(25)27(29,30)31/h2-5,8-11,14-15,17,19,33H,6-7,13,16H2,1H3/t17-,19+/m0/s1. The largest absolute Gasteiger partial charge is 0.417 e. The number of fused-ring (bicyclic) bond motifs is 1. The number of alkyl halides is 3. The van der Waals surface area contributed by atoms with Gasteiger partial charge < -0.3 is 5.43 Å². The molecule has 1 N–H and O–H groups in total. The highest BCUT2D eigenvalue weighted by Crippen LogP contribution is 2.48. The van der Waals surface area contributed by atoms with E-state index in [-0.39, 0.29) is 24.2 Å². The lowest BCUT2D eigenvalue weighted by molar-refractivity contribution is -0.139. The van der Waals surface area contributed by atoms with Crippen LogP contribution in [0.15, 0.2) is 88.1 Å². The highest BCUT2D eigenvalue weighted by atomic mass is 32.2. The number of halogens is 4. The molecular formula is C27H24F4N4O2S. The van der Waals surface area contributed by atoms with Crippen molar-refractivity contribution in [3.63, 3.8) is 0 Å². The first-order valence-electron chi connectivity index (χ1n) is 12.0. The molecule has 2 aliphatic carbocycles. The van der Waals surface area contributed by atoms with Crippen molar-refractivity contribution in [2.75, 3.05) is 18.1 Å². The predicted octanol–water partition coefficient (Wildman–Crippen LogP) is 5.51. The van der Waals surface area contributed by atoms with Gasteiger partial charge in [-0.1, -0.05) is 24.6 Å². The first kappa shape index (κ1) is 26.0. The Bertz CT molecular complexity index is 1500. The second-order valence-electron chi connectivity index (χ2n) is 9.46. The molecule has 0 saturated heterocycles. The first-order chi connectivity index (χ1) is 18.0. The molecule has 3 aliphatic rings. The lowest BCUT2D eigenvalue weighted by Gasteiger charge is -2.31. The van der Waals surface area contributed by atoms with Gasteiger partial charge in [0.25, 0.3) is 0 Å². The number of hydrazine groups is 1. The fourth-order valence-corrected chi connectivity index (χ4v) is 7.14. The minimum absolute atomic E-state index is 0.0930. The lowest BCUT2D eigenvalue weighted by atomic mass is 9.80. The van der Waals surface area contributed by atoms with Gasteiger partial charge in [-0.2, -0.15) is 22.7 Å². The number of hydrogen-bond donors (Lipinski definition) is 1. The highest BCUT2D eigenvalue weighted by molar-refractivity contribution is 7.89. The van der Waals surface area contributed by atoms with Gasteiger partial charge in [0, 0.05) is 24.2 Å². The van der Waals surface area contributed by atoms with Crippen LogP contribution in [0.5, 0.6) is 0 Å². The molecule has 0 saturated carbocycles. The minimum atomic E-state index is -4.86. The van der Waals surface area contributed by atoms with Gasteiger partial charge in [-0.3, -0.25) is 5.01 Å².